The van der Waals surface area contributed by atoms with Gasteiger partial charge in [-0.1, -0.05) is 44.8 Å². The maximum atomic E-state index is 12.7. The fraction of sp³-hybridized carbons (Fsp3) is 1.00. The summed E-state index contributed by atoms with van der Waals surface area (Å²) >= 11 is 0. The quantitative estimate of drug-likeness (QED) is 0.501. The van der Waals surface area contributed by atoms with Crippen LogP contribution in [0.1, 0.15) is 34.1 Å². The van der Waals surface area contributed by atoms with E-state index in [1.54, 1.807) is 0 Å². The predicted molar refractivity (Wildman–Crippen MR) is 57.8 cm³/mol. The fourth-order valence-corrected chi connectivity index (χ4v) is 5.49. The Bertz CT molecular complexity index is 202. The van der Waals surface area contributed by atoms with E-state index >= 15 is 0 Å². The van der Waals surface area contributed by atoms with Gasteiger partial charge in [-0.3, -0.25) is 0 Å². The van der Waals surface area contributed by atoms with Crippen molar-refractivity contribution in [1.29, 1.82) is 0 Å². The van der Waals surface area contributed by atoms with Crippen LogP contribution in [0.25, 0.3) is 0 Å². The third kappa shape index (κ3) is 4.39. The molecule has 0 rings (SSSR count). The van der Waals surface area contributed by atoms with E-state index in [2.05, 4.69) is 0 Å². The van der Waals surface area contributed by atoms with Crippen molar-refractivity contribution in [1.82, 2.24) is 0 Å². The molecule has 6 heteroatoms. The van der Waals surface area contributed by atoms with Gasteiger partial charge in [0.05, 0.1) is 0 Å². The van der Waals surface area contributed by atoms with Crippen LogP contribution in [0.4, 0.5) is 22.0 Å². The summed E-state index contributed by atoms with van der Waals surface area (Å²) in [7, 11) is -1.53. The van der Waals surface area contributed by atoms with Gasteiger partial charge in [-0.25, -0.2) is 0 Å². The molecule has 0 nitrogen and oxygen atoms in total. The van der Waals surface area contributed by atoms with Crippen LogP contribution in [0.2, 0.25) is 17.1 Å². The maximum absolute atomic E-state index is 12.7. The minimum atomic E-state index is -5.40. The van der Waals surface area contributed by atoms with Gasteiger partial charge in [-0.2, -0.15) is 22.0 Å². The van der Waals surface area contributed by atoms with Crippen molar-refractivity contribution >= 4 is 8.80 Å². The molecule has 0 N–H and O–H groups in total. The van der Waals surface area contributed by atoms with E-state index in [1.165, 1.54) is 0 Å². The molecule has 16 heavy (non-hydrogen) atoms. The molecule has 0 bridgehead atoms. The molecule has 0 aromatic rings. The Labute approximate surface area is 94.8 Å². The number of halogens is 5. The first-order valence-corrected chi connectivity index (χ1v) is 7.58. The molecule has 98 valence electrons. The van der Waals surface area contributed by atoms with E-state index in [9.17, 15) is 22.0 Å². The van der Waals surface area contributed by atoms with Gasteiger partial charge in [0.25, 0.3) is 0 Å². The average molecular weight is 262 g/mol. The van der Waals surface area contributed by atoms with Crippen molar-refractivity contribution in [2.45, 2.75) is 63.3 Å². The molecular formula is C10H19F5Si. The maximum Gasteiger partial charge on any atom is 0.453 e. The van der Waals surface area contributed by atoms with E-state index < -0.39 is 27.3 Å². The Morgan fingerprint density at radius 3 is 1.50 bits per heavy atom. The Balaban J connectivity index is 4.42. The van der Waals surface area contributed by atoms with Gasteiger partial charge >= 0.3 is 12.1 Å². The topological polar surface area (TPSA) is 0 Å². The first kappa shape index (κ1) is 15.9. The highest BCUT2D eigenvalue weighted by molar-refractivity contribution is 6.61. The second-order valence-electron chi connectivity index (χ2n) is 4.89. The minimum absolute atomic E-state index is 0.0435. The minimum Gasteiger partial charge on any atom is -0.196 e. The lowest BCUT2D eigenvalue weighted by molar-refractivity contribution is -0.282. The summed E-state index contributed by atoms with van der Waals surface area (Å²) < 4.78 is 61.3. The van der Waals surface area contributed by atoms with Gasteiger partial charge in [0.15, 0.2) is 0 Å². The summed E-state index contributed by atoms with van der Waals surface area (Å²) in [5.74, 6) is -4.53. The number of hydrogen-bond donors (Lipinski definition) is 0. The van der Waals surface area contributed by atoms with Gasteiger partial charge in [-0.05, 0) is 0 Å². The third-order valence-electron chi connectivity index (χ3n) is 2.92. The smallest absolute Gasteiger partial charge is 0.196 e. The number of rotatable bonds is 5. The van der Waals surface area contributed by atoms with Crippen molar-refractivity contribution in [2.75, 3.05) is 0 Å². The van der Waals surface area contributed by atoms with Gasteiger partial charge in [0, 0.05) is 15.2 Å². The normalized spacial score (nSPS) is 14.2. The van der Waals surface area contributed by atoms with Crippen LogP contribution in [-0.2, 0) is 0 Å². The van der Waals surface area contributed by atoms with Gasteiger partial charge in [0.2, 0.25) is 0 Å². The summed E-state index contributed by atoms with van der Waals surface area (Å²) in [5.41, 5.74) is 0.507. The molecule has 0 atom stereocenters. The Kier molecular flexibility index (Phi) is 5.42. The lowest BCUT2D eigenvalue weighted by Gasteiger charge is -2.26. The van der Waals surface area contributed by atoms with Crippen LogP contribution < -0.4 is 0 Å². The molecule has 0 spiro atoms. The number of alkyl halides is 5. The van der Waals surface area contributed by atoms with E-state index in [1.807, 2.05) is 27.7 Å². The highest BCUT2D eigenvalue weighted by Gasteiger charge is 2.56. The molecule has 0 aliphatic heterocycles. The van der Waals surface area contributed by atoms with E-state index in [0.717, 1.165) is 0 Å². The van der Waals surface area contributed by atoms with E-state index in [0.29, 0.717) is 0 Å². The third-order valence-corrected chi connectivity index (χ3v) is 7.30. The van der Waals surface area contributed by atoms with Crippen molar-refractivity contribution in [3.63, 3.8) is 0 Å². The molecule has 0 aliphatic rings. The zero-order chi connectivity index (χ0) is 13.1. The van der Waals surface area contributed by atoms with E-state index in [-0.39, 0.29) is 17.1 Å². The van der Waals surface area contributed by atoms with E-state index in [4.69, 9.17) is 0 Å². The Morgan fingerprint density at radius 1 is 0.875 bits per heavy atom. The van der Waals surface area contributed by atoms with Crippen molar-refractivity contribution in [3.05, 3.63) is 0 Å². The molecule has 0 aromatic carbocycles. The summed E-state index contributed by atoms with van der Waals surface area (Å²) in [6, 6.07) is 0.0435. The molecule has 0 amide bonds. The van der Waals surface area contributed by atoms with Crippen molar-refractivity contribution < 1.29 is 22.0 Å². The van der Waals surface area contributed by atoms with Crippen LogP contribution in [0.5, 0.6) is 0 Å². The Morgan fingerprint density at radius 2 is 1.25 bits per heavy atom. The molecule has 0 radical (unpaired) electrons. The summed E-state index contributed by atoms with van der Waals surface area (Å²) in [6.07, 6.45) is -6.45. The number of hydrogen-bond acceptors (Lipinski definition) is 0. The lowest BCUT2D eigenvalue weighted by atomic mass is 10.2. The van der Waals surface area contributed by atoms with Crippen molar-refractivity contribution in [2.24, 2.45) is 0 Å². The van der Waals surface area contributed by atoms with Gasteiger partial charge in [-0.15, -0.1) is 0 Å². The first-order chi connectivity index (χ1) is 6.99. The largest absolute Gasteiger partial charge is 0.453 e. The molecule has 0 saturated heterocycles. The second kappa shape index (κ2) is 5.47. The molecule has 0 aliphatic carbocycles. The lowest BCUT2D eigenvalue weighted by Crippen LogP contribution is -2.37. The highest BCUT2D eigenvalue weighted by Crippen LogP contribution is 2.40. The summed E-state index contributed by atoms with van der Waals surface area (Å²) in [4.78, 5) is 0. The zero-order valence-electron chi connectivity index (χ0n) is 10.0. The molecule has 0 unspecified atom stereocenters. The average Bonchev–Trinajstić information content (AvgIpc) is 1.99. The van der Waals surface area contributed by atoms with Gasteiger partial charge in [0.1, 0.15) is 0 Å². The zero-order valence-corrected chi connectivity index (χ0v) is 11.2. The standard InChI is InChI=1S/C10H19F5Si/c1-7(2)16(8(3)4)6-5-9(11,12)10(13,14)15/h7-8,16H,5-6H2,1-4H3. The molecule has 0 heterocycles. The summed E-state index contributed by atoms with van der Waals surface area (Å²) in [5, 5.41) is 0. The van der Waals surface area contributed by atoms with Crippen LogP contribution in [0, 0.1) is 0 Å². The van der Waals surface area contributed by atoms with Crippen LogP contribution in [0.15, 0.2) is 0 Å². The molecule has 0 saturated carbocycles. The Hall–Kier alpha value is -0.133. The molecule has 0 fully saturated rings. The predicted octanol–water partition coefficient (Wildman–Crippen LogP) is 4.62. The van der Waals surface area contributed by atoms with Crippen LogP contribution in [0.3, 0.4) is 0 Å². The molecular weight excluding hydrogens is 243 g/mol. The second-order valence-corrected chi connectivity index (χ2v) is 9.46. The highest BCUT2D eigenvalue weighted by atomic mass is 28.3. The first-order valence-electron chi connectivity index (χ1n) is 5.43. The van der Waals surface area contributed by atoms with Crippen molar-refractivity contribution in [3.8, 4) is 0 Å². The summed E-state index contributed by atoms with van der Waals surface area (Å²) in [6.45, 7) is 7.62. The van der Waals surface area contributed by atoms with Gasteiger partial charge < -0.3 is 0 Å². The fourth-order valence-electron chi connectivity index (χ4n) is 1.93. The molecule has 0 aromatic heterocycles. The SMILES string of the molecule is CC(C)[SiH](CCC(F)(F)C(F)(F)F)C(C)C. The van der Waals surface area contributed by atoms with Crippen LogP contribution in [-0.4, -0.2) is 20.9 Å². The monoisotopic (exact) mass is 262 g/mol. The van der Waals surface area contributed by atoms with Crippen LogP contribution >= 0.6 is 0 Å².